The Labute approximate surface area is 171 Å². The third kappa shape index (κ3) is 3.13. The van der Waals surface area contributed by atoms with Gasteiger partial charge in [-0.25, -0.2) is 18.9 Å². The van der Waals surface area contributed by atoms with Gasteiger partial charge in [0, 0.05) is 10.6 Å². The molecule has 0 saturated carbocycles. The number of nitrogens with one attached hydrogen (secondary N) is 1. The first-order valence-electron chi connectivity index (χ1n) is 9.74. The van der Waals surface area contributed by atoms with Crippen molar-refractivity contribution in [3.63, 3.8) is 0 Å². The number of fused-ring (bicyclic) bond motifs is 5. The Morgan fingerprint density at radius 3 is 2.90 bits per heavy atom. The average Bonchev–Trinajstić information content (AvgIpc) is 3.21. The average molecular weight is 407 g/mol. The number of amides is 1. The van der Waals surface area contributed by atoms with Gasteiger partial charge in [0.1, 0.15) is 17.7 Å². The molecule has 29 heavy (non-hydrogen) atoms. The summed E-state index contributed by atoms with van der Waals surface area (Å²) in [6.45, 7) is 4.11. The summed E-state index contributed by atoms with van der Waals surface area (Å²) in [5.74, 6) is 0.376. The van der Waals surface area contributed by atoms with Crippen LogP contribution >= 0.6 is 11.3 Å². The van der Waals surface area contributed by atoms with Crippen molar-refractivity contribution in [2.45, 2.75) is 39.7 Å². The molecule has 3 heterocycles. The van der Waals surface area contributed by atoms with Crippen molar-refractivity contribution < 1.29 is 4.79 Å². The van der Waals surface area contributed by atoms with Crippen LogP contribution in [-0.2, 0) is 24.2 Å². The summed E-state index contributed by atoms with van der Waals surface area (Å²) >= 11 is 1.70. The number of carbonyl (C=O) groups excluding carboxylic acids is 1. The summed E-state index contributed by atoms with van der Waals surface area (Å²) in [4.78, 5) is 32.0. The highest BCUT2D eigenvalue weighted by atomic mass is 32.1. The molecule has 0 aliphatic heterocycles. The van der Waals surface area contributed by atoms with Crippen LogP contribution in [0.4, 0.5) is 5.69 Å². The van der Waals surface area contributed by atoms with E-state index in [-0.39, 0.29) is 18.1 Å². The van der Waals surface area contributed by atoms with Gasteiger partial charge in [0.2, 0.25) is 5.91 Å². The zero-order chi connectivity index (χ0) is 20.1. The number of aromatic nitrogens is 4. The van der Waals surface area contributed by atoms with Crippen LogP contribution in [0.2, 0.25) is 0 Å². The summed E-state index contributed by atoms with van der Waals surface area (Å²) in [7, 11) is 0. The fourth-order valence-corrected chi connectivity index (χ4v) is 5.28. The summed E-state index contributed by atoms with van der Waals surface area (Å²) < 4.78 is 2.67. The molecule has 5 rings (SSSR count). The van der Waals surface area contributed by atoms with E-state index in [0.29, 0.717) is 17.3 Å². The number of nitrogens with zero attached hydrogens (tertiary/aromatic N) is 4. The van der Waals surface area contributed by atoms with E-state index in [4.69, 9.17) is 0 Å². The smallest absolute Gasteiger partial charge is 0.324 e. The van der Waals surface area contributed by atoms with Crippen molar-refractivity contribution in [2.75, 3.05) is 5.32 Å². The predicted octanol–water partition coefficient (Wildman–Crippen LogP) is 3.18. The van der Waals surface area contributed by atoms with Gasteiger partial charge in [-0.3, -0.25) is 4.79 Å². The maximum absolute atomic E-state index is 12.8. The molecule has 4 aromatic rings. The second-order valence-corrected chi connectivity index (χ2v) is 8.91. The van der Waals surface area contributed by atoms with Crippen LogP contribution in [0.1, 0.15) is 29.3 Å². The van der Waals surface area contributed by atoms with Gasteiger partial charge in [-0.05, 0) is 49.8 Å². The van der Waals surface area contributed by atoms with Crippen molar-refractivity contribution >= 4 is 38.8 Å². The normalized spacial score (nSPS) is 16.3. The van der Waals surface area contributed by atoms with E-state index in [1.165, 1.54) is 25.9 Å². The minimum Gasteiger partial charge on any atom is -0.324 e. The van der Waals surface area contributed by atoms with Crippen molar-refractivity contribution in [1.82, 2.24) is 19.2 Å². The highest BCUT2D eigenvalue weighted by molar-refractivity contribution is 7.19. The van der Waals surface area contributed by atoms with Crippen LogP contribution in [0.3, 0.4) is 0 Å². The molecule has 1 atom stereocenters. The fourth-order valence-electron chi connectivity index (χ4n) is 3.94. The largest absolute Gasteiger partial charge is 0.352 e. The minimum atomic E-state index is -0.349. The monoisotopic (exact) mass is 407 g/mol. The molecule has 8 heteroatoms. The van der Waals surface area contributed by atoms with Crippen LogP contribution in [0, 0.1) is 12.8 Å². The number of carbonyl (C=O) groups is 1. The zero-order valence-corrected chi connectivity index (χ0v) is 17.1. The number of hydrogen-bond acceptors (Lipinski definition) is 5. The highest BCUT2D eigenvalue weighted by Gasteiger charge is 2.24. The third-order valence-corrected chi connectivity index (χ3v) is 6.67. The molecule has 148 valence electrons. The second-order valence-electron chi connectivity index (χ2n) is 7.82. The number of rotatable bonds is 3. The molecule has 7 nitrogen and oxygen atoms in total. The Balaban J connectivity index is 1.51. The molecule has 1 unspecified atom stereocenters. The van der Waals surface area contributed by atoms with E-state index in [1.54, 1.807) is 11.3 Å². The molecule has 1 N–H and O–H groups in total. The van der Waals surface area contributed by atoms with Crippen LogP contribution in [0.15, 0.2) is 35.4 Å². The molecule has 1 aliphatic rings. The molecule has 1 aliphatic carbocycles. The maximum atomic E-state index is 12.8. The lowest BCUT2D eigenvalue weighted by Gasteiger charge is -2.17. The Hall–Kier alpha value is -3.00. The maximum Gasteiger partial charge on any atom is 0.352 e. The van der Waals surface area contributed by atoms with Gasteiger partial charge in [0.25, 0.3) is 0 Å². The third-order valence-electron chi connectivity index (χ3n) is 5.51. The summed E-state index contributed by atoms with van der Waals surface area (Å²) in [5, 5.41) is 8.29. The molecular formula is C21H21N5O2S. The second kappa shape index (κ2) is 6.81. The van der Waals surface area contributed by atoms with Crippen molar-refractivity contribution in [3.05, 3.63) is 57.1 Å². The molecule has 0 fully saturated rings. The fraction of sp³-hybridized carbons (Fsp3) is 0.333. The first-order chi connectivity index (χ1) is 14.0. The molecule has 1 amide bonds. The van der Waals surface area contributed by atoms with E-state index in [2.05, 4.69) is 22.3 Å². The van der Waals surface area contributed by atoms with E-state index in [1.807, 2.05) is 31.2 Å². The number of benzene rings is 1. The minimum absolute atomic E-state index is 0.140. The van der Waals surface area contributed by atoms with Gasteiger partial charge in [0.15, 0.2) is 5.65 Å². The van der Waals surface area contributed by atoms with Crippen LogP contribution in [0.5, 0.6) is 0 Å². The number of hydrogen-bond donors (Lipinski definition) is 1. The predicted molar refractivity (Wildman–Crippen MR) is 114 cm³/mol. The number of aryl methyl sites for hydroxylation is 2. The first-order valence-corrected chi connectivity index (χ1v) is 10.6. The molecule has 0 radical (unpaired) electrons. The van der Waals surface area contributed by atoms with E-state index >= 15 is 0 Å². The van der Waals surface area contributed by atoms with Crippen LogP contribution in [0.25, 0.3) is 15.9 Å². The molecule has 1 aromatic carbocycles. The molecule has 0 saturated heterocycles. The zero-order valence-electron chi connectivity index (χ0n) is 16.3. The Kier molecular flexibility index (Phi) is 4.24. The lowest BCUT2D eigenvalue weighted by atomic mass is 9.89. The Morgan fingerprint density at radius 1 is 1.31 bits per heavy atom. The number of thiophene rings is 1. The Morgan fingerprint density at radius 2 is 2.10 bits per heavy atom. The SMILES string of the molecule is Cc1ccc(NC(=O)Cn2nc3c4c5c(sc4ncn3c2=O)CC(C)CC5)cc1. The summed E-state index contributed by atoms with van der Waals surface area (Å²) in [6.07, 6.45) is 4.68. The first kappa shape index (κ1) is 18.1. The molecule has 0 bridgehead atoms. The van der Waals surface area contributed by atoms with Gasteiger partial charge in [0.05, 0.1) is 5.39 Å². The molecule has 3 aromatic heterocycles. The quantitative estimate of drug-likeness (QED) is 0.566. The standard InChI is InChI=1S/C21H21N5O2S/c1-12-3-6-14(7-4-12)23-17(27)10-26-21(28)25-11-22-20-18(19(25)24-26)15-8-5-13(2)9-16(15)29-20/h3-4,6-7,11,13H,5,8-10H2,1-2H3,(H,23,27). The molecular weight excluding hydrogens is 386 g/mol. The molecule has 0 spiro atoms. The number of anilines is 1. The lowest BCUT2D eigenvalue weighted by molar-refractivity contribution is -0.117. The highest BCUT2D eigenvalue weighted by Crippen LogP contribution is 2.38. The van der Waals surface area contributed by atoms with E-state index in [9.17, 15) is 9.59 Å². The van der Waals surface area contributed by atoms with Gasteiger partial charge in [-0.15, -0.1) is 16.4 Å². The van der Waals surface area contributed by atoms with Gasteiger partial charge < -0.3 is 5.32 Å². The topological polar surface area (TPSA) is 81.3 Å². The van der Waals surface area contributed by atoms with Crippen molar-refractivity contribution in [3.8, 4) is 0 Å². The van der Waals surface area contributed by atoms with E-state index in [0.717, 1.165) is 35.0 Å². The van der Waals surface area contributed by atoms with Crippen LogP contribution in [-0.4, -0.2) is 25.1 Å². The van der Waals surface area contributed by atoms with Crippen LogP contribution < -0.4 is 11.0 Å². The van der Waals surface area contributed by atoms with Crippen molar-refractivity contribution in [2.24, 2.45) is 5.92 Å². The van der Waals surface area contributed by atoms with Gasteiger partial charge in [-0.1, -0.05) is 24.6 Å². The lowest BCUT2D eigenvalue weighted by Crippen LogP contribution is -2.28. The van der Waals surface area contributed by atoms with E-state index < -0.39 is 0 Å². The van der Waals surface area contributed by atoms with Crippen molar-refractivity contribution in [1.29, 1.82) is 0 Å². The van der Waals surface area contributed by atoms with Gasteiger partial charge >= 0.3 is 5.69 Å². The summed E-state index contributed by atoms with van der Waals surface area (Å²) in [6, 6.07) is 7.53. The Bertz CT molecular complexity index is 1300. The summed E-state index contributed by atoms with van der Waals surface area (Å²) in [5.41, 5.74) is 3.32. The van der Waals surface area contributed by atoms with Gasteiger partial charge in [-0.2, -0.15) is 0 Å².